The van der Waals surface area contributed by atoms with Crippen molar-refractivity contribution < 1.29 is 22.6 Å². The van der Waals surface area contributed by atoms with E-state index in [9.17, 15) is 13.2 Å². The minimum atomic E-state index is -4.73. The lowest BCUT2D eigenvalue weighted by Crippen LogP contribution is -2.30. The summed E-state index contributed by atoms with van der Waals surface area (Å²) in [6.07, 6.45) is 4.23. The highest BCUT2D eigenvalue weighted by Crippen LogP contribution is 2.32. The maximum atomic E-state index is 12.5. The van der Waals surface area contributed by atoms with Crippen molar-refractivity contribution in [2.75, 3.05) is 14.2 Å². The van der Waals surface area contributed by atoms with E-state index in [0.717, 1.165) is 23.3 Å². The van der Waals surface area contributed by atoms with Gasteiger partial charge in [-0.15, -0.1) is 13.2 Å². The molecule has 1 aromatic rings. The van der Waals surface area contributed by atoms with Gasteiger partial charge in [0.1, 0.15) is 5.75 Å². The Hall–Kier alpha value is -2.25. The zero-order valence-corrected chi connectivity index (χ0v) is 15.9. The van der Waals surface area contributed by atoms with Crippen LogP contribution in [0.15, 0.2) is 48.3 Å². The quantitative estimate of drug-likeness (QED) is 0.719. The van der Waals surface area contributed by atoms with Gasteiger partial charge < -0.3 is 9.47 Å². The number of halogens is 3. The fraction of sp³-hybridized carbons (Fsp3) is 0.400. The highest BCUT2D eigenvalue weighted by molar-refractivity contribution is 5.79. The van der Waals surface area contributed by atoms with Crippen LogP contribution >= 0.6 is 0 Å². The zero-order chi connectivity index (χ0) is 20.0. The predicted molar refractivity (Wildman–Crippen MR) is 99.4 cm³/mol. The predicted octanol–water partition coefficient (Wildman–Crippen LogP) is 5.01. The number of nitrogens with one attached hydrogen (secondary N) is 1. The molecular weight excluding hydrogens is 357 g/mol. The van der Waals surface area contributed by atoms with Crippen LogP contribution < -0.4 is 10.2 Å². The van der Waals surface area contributed by atoms with Gasteiger partial charge in [0.25, 0.3) is 0 Å². The maximum absolute atomic E-state index is 12.5. The van der Waals surface area contributed by atoms with Gasteiger partial charge in [-0.2, -0.15) is 0 Å². The van der Waals surface area contributed by atoms with Crippen molar-refractivity contribution in [1.82, 2.24) is 10.4 Å². The summed E-state index contributed by atoms with van der Waals surface area (Å²) < 4.78 is 46.7. The Balaban J connectivity index is 2.43. The van der Waals surface area contributed by atoms with E-state index >= 15 is 0 Å². The van der Waals surface area contributed by atoms with Crippen LogP contribution in [0.2, 0.25) is 0 Å². The largest absolute Gasteiger partial charge is 0.573 e. The second kappa shape index (κ2) is 9.10. The van der Waals surface area contributed by atoms with Crippen molar-refractivity contribution in [3.63, 3.8) is 0 Å². The molecule has 1 aliphatic heterocycles. The molecule has 1 aliphatic rings. The number of rotatable bonds is 7. The summed E-state index contributed by atoms with van der Waals surface area (Å²) in [4.78, 5) is 0. The lowest BCUT2D eigenvalue weighted by atomic mass is 9.96. The fourth-order valence-corrected chi connectivity index (χ4v) is 2.75. The van der Waals surface area contributed by atoms with Gasteiger partial charge in [-0.1, -0.05) is 32.4 Å². The summed E-state index contributed by atoms with van der Waals surface area (Å²) in [6, 6.07) is 4.31. The summed E-state index contributed by atoms with van der Waals surface area (Å²) in [5, 5.41) is 1.90. The lowest BCUT2D eigenvalue weighted by molar-refractivity contribution is -0.274. The minimum Gasteiger partial charge on any atom is -0.406 e. The van der Waals surface area contributed by atoms with Crippen LogP contribution in [0.1, 0.15) is 31.4 Å². The Morgan fingerprint density at radius 2 is 2.04 bits per heavy atom. The van der Waals surface area contributed by atoms with E-state index in [0.29, 0.717) is 11.5 Å². The summed E-state index contributed by atoms with van der Waals surface area (Å²) in [5.41, 5.74) is 6.38. The third-order valence-corrected chi connectivity index (χ3v) is 4.25. The standard InChI is InChI=1S/C20H25F3N2O2/c1-5-14(2)10-17-11-15(8-9-25(17)24-3)19-7-6-18(27-20(21,22)23)12-16(19)13-26-4/h6-12,14,24H,5,13H2,1-4H3/b17-10-. The molecule has 27 heavy (non-hydrogen) atoms. The van der Waals surface area contributed by atoms with Gasteiger partial charge in [0.15, 0.2) is 0 Å². The summed E-state index contributed by atoms with van der Waals surface area (Å²) in [5.74, 6) is 0.131. The second-order valence-corrected chi connectivity index (χ2v) is 6.29. The number of alkyl halides is 3. The molecule has 2 rings (SSSR count). The molecule has 1 atom stereocenters. The molecule has 7 heteroatoms. The molecule has 1 aromatic carbocycles. The Bertz CT molecular complexity index is 739. The summed E-state index contributed by atoms with van der Waals surface area (Å²) in [6.45, 7) is 4.42. The van der Waals surface area contributed by atoms with Crippen LogP contribution in [-0.4, -0.2) is 25.5 Å². The van der Waals surface area contributed by atoms with E-state index < -0.39 is 6.36 Å². The summed E-state index contributed by atoms with van der Waals surface area (Å²) in [7, 11) is 3.33. The van der Waals surface area contributed by atoms with Crippen LogP contribution in [0.4, 0.5) is 13.2 Å². The molecule has 0 amide bonds. The van der Waals surface area contributed by atoms with Gasteiger partial charge in [-0.25, -0.2) is 5.43 Å². The number of hydrogen-bond acceptors (Lipinski definition) is 4. The van der Waals surface area contributed by atoms with Crippen LogP contribution in [0.5, 0.6) is 5.75 Å². The molecule has 1 heterocycles. The summed E-state index contributed by atoms with van der Waals surface area (Å²) >= 11 is 0. The lowest BCUT2D eigenvalue weighted by Gasteiger charge is -2.26. The van der Waals surface area contributed by atoms with Gasteiger partial charge >= 0.3 is 6.36 Å². The molecule has 0 aliphatic carbocycles. The molecule has 0 radical (unpaired) electrons. The Kier molecular flexibility index (Phi) is 7.10. The van der Waals surface area contributed by atoms with E-state index in [1.165, 1.54) is 19.2 Å². The van der Waals surface area contributed by atoms with Crippen molar-refractivity contribution in [2.24, 2.45) is 5.92 Å². The first-order chi connectivity index (χ1) is 12.8. The average molecular weight is 382 g/mol. The van der Waals surface area contributed by atoms with E-state index in [1.807, 2.05) is 30.4 Å². The van der Waals surface area contributed by atoms with Crippen molar-refractivity contribution >= 4 is 5.57 Å². The van der Waals surface area contributed by atoms with E-state index in [1.54, 1.807) is 6.07 Å². The topological polar surface area (TPSA) is 33.7 Å². The third-order valence-electron chi connectivity index (χ3n) is 4.25. The molecule has 1 N–H and O–H groups in total. The number of nitrogens with zero attached hydrogens (tertiary/aromatic N) is 1. The van der Waals surface area contributed by atoms with E-state index in [2.05, 4.69) is 30.1 Å². The Labute approximate surface area is 157 Å². The van der Waals surface area contributed by atoms with Crippen molar-refractivity contribution in [3.05, 3.63) is 59.5 Å². The molecule has 0 spiro atoms. The van der Waals surface area contributed by atoms with Gasteiger partial charge in [-0.3, -0.25) is 5.01 Å². The molecule has 0 fully saturated rings. The number of hydrogen-bond donors (Lipinski definition) is 1. The van der Waals surface area contributed by atoms with Crippen molar-refractivity contribution in [2.45, 2.75) is 33.2 Å². The van der Waals surface area contributed by atoms with E-state index in [4.69, 9.17) is 4.74 Å². The van der Waals surface area contributed by atoms with Crippen LogP contribution in [0.3, 0.4) is 0 Å². The fourth-order valence-electron chi connectivity index (χ4n) is 2.75. The Morgan fingerprint density at radius 1 is 1.30 bits per heavy atom. The van der Waals surface area contributed by atoms with Crippen molar-refractivity contribution in [1.29, 1.82) is 0 Å². The first-order valence-corrected chi connectivity index (χ1v) is 8.73. The first kappa shape index (κ1) is 21.1. The van der Waals surface area contributed by atoms with E-state index in [-0.39, 0.29) is 12.4 Å². The third kappa shape index (κ3) is 5.87. The molecule has 0 saturated carbocycles. The molecule has 0 saturated heterocycles. The van der Waals surface area contributed by atoms with Crippen molar-refractivity contribution in [3.8, 4) is 5.75 Å². The van der Waals surface area contributed by atoms with Gasteiger partial charge in [0, 0.05) is 20.4 Å². The number of benzene rings is 1. The highest BCUT2D eigenvalue weighted by Gasteiger charge is 2.31. The molecule has 1 unspecified atom stereocenters. The van der Waals surface area contributed by atoms with Crippen LogP contribution in [0, 0.1) is 5.92 Å². The molecule has 0 bridgehead atoms. The van der Waals surface area contributed by atoms with Crippen LogP contribution in [0.25, 0.3) is 5.57 Å². The van der Waals surface area contributed by atoms with Crippen LogP contribution in [-0.2, 0) is 11.3 Å². The first-order valence-electron chi connectivity index (χ1n) is 8.73. The number of ether oxygens (including phenoxy) is 2. The van der Waals surface area contributed by atoms with Gasteiger partial charge in [0.2, 0.25) is 0 Å². The SMILES string of the molecule is CCC(C)/C=C1/C=C(c2ccc(OC(F)(F)F)cc2COC)C=CN1NC. The normalized spacial score (nSPS) is 17.2. The Morgan fingerprint density at radius 3 is 2.63 bits per heavy atom. The zero-order valence-electron chi connectivity index (χ0n) is 15.9. The monoisotopic (exact) mass is 382 g/mol. The number of allylic oxidation sites excluding steroid dienone is 4. The smallest absolute Gasteiger partial charge is 0.406 e. The molecule has 4 nitrogen and oxygen atoms in total. The molecule has 0 aromatic heterocycles. The van der Waals surface area contributed by atoms with Gasteiger partial charge in [-0.05, 0) is 46.9 Å². The molecular formula is C20H25F3N2O2. The van der Waals surface area contributed by atoms with Gasteiger partial charge in [0.05, 0.1) is 12.3 Å². The average Bonchev–Trinajstić information content (AvgIpc) is 2.60. The molecule has 148 valence electrons. The maximum Gasteiger partial charge on any atom is 0.573 e. The second-order valence-electron chi connectivity index (χ2n) is 6.29. The minimum absolute atomic E-state index is 0.176. The number of methoxy groups -OCH3 is 1. The number of hydrazine groups is 1. The highest BCUT2D eigenvalue weighted by atomic mass is 19.4.